The fourth-order valence-electron chi connectivity index (χ4n) is 2.44. The van der Waals surface area contributed by atoms with Crippen molar-refractivity contribution in [3.63, 3.8) is 0 Å². The number of carbonyl (C=O) groups is 1. The first-order chi connectivity index (χ1) is 14.2. The number of aryl methyl sites for hydroxylation is 2. The van der Waals surface area contributed by atoms with E-state index in [2.05, 4.69) is 62.0 Å². The molecule has 0 fully saturated rings. The largest absolute Gasteiger partial charge is 0.339 e. The number of aromatic nitrogens is 4. The molecule has 29 heavy (non-hydrogen) atoms. The maximum Gasteiger partial charge on any atom is 0.227 e. The van der Waals surface area contributed by atoms with E-state index in [0.29, 0.717) is 29.0 Å². The molecule has 0 spiro atoms. The fourth-order valence-corrected chi connectivity index (χ4v) is 4.67. The lowest BCUT2D eigenvalue weighted by Gasteiger charge is -1.98. The third kappa shape index (κ3) is 5.49. The quantitative estimate of drug-likeness (QED) is 0.390. The average molecular weight is 444 g/mol. The molecule has 1 amide bonds. The number of thiazole rings is 2. The second kappa shape index (κ2) is 9.29. The van der Waals surface area contributed by atoms with Crippen LogP contribution in [0.2, 0.25) is 0 Å². The highest BCUT2D eigenvalue weighted by Gasteiger charge is 2.12. The Morgan fingerprint density at radius 3 is 2.86 bits per heavy atom. The lowest BCUT2D eigenvalue weighted by Crippen LogP contribution is -2.12. The van der Waals surface area contributed by atoms with Crippen LogP contribution in [-0.4, -0.2) is 26.0 Å². The van der Waals surface area contributed by atoms with Crippen LogP contribution in [0.3, 0.4) is 0 Å². The summed E-state index contributed by atoms with van der Waals surface area (Å²) in [5, 5.41) is 11.2. The van der Waals surface area contributed by atoms with Crippen molar-refractivity contribution in [3.8, 4) is 11.3 Å². The van der Waals surface area contributed by atoms with Gasteiger partial charge >= 0.3 is 0 Å². The van der Waals surface area contributed by atoms with Crippen molar-refractivity contribution in [1.82, 2.24) is 20.1 Å². The number of carbonyl (C=O) groups excluding carboxylic acids is 1. The molecule has 10 heteroatoms. The second-order valence-electron chi connectivity index (χ2n) is 6.14. The summed E-state index contributed by atoms with van der Waals surface area (Å²) in [5.41, 5.74) is 3.31. The molecule has 0 aliphatic heterocycles. The Hall–Kier alpha value is -2.56. The van der Waals surface area contributed by atoms with E-state index in [0.717, 1.165) is 15.6 Å². The van der Waals surface area contributed by atoms with Crippen molar-refractivity contribution in [1.29, 1.82) is 0 Å². The van der Waals surface area contributed by atoms with Gasteiger partial charge < -0.3 is 9.84 Å². The minimum Gasteiger partial charge on any atom is -0.339 e. The van der Waals surface area contributed by atoms with Crippen molar-refractivity contribution >= 4 is 45.5 Å². The molecule has 0 bridgehead atoms. The Bertz CT molecular complexity index is 1070. The summed E-state index contributed by atoms with van der Waals surface area (Å²) in [5.74, 6) is 1.49. The lowest BCUT2D eigenvalue weighted by atomic mass is 10.1. The minimum absolute atomic E-state index is 0.125. The molecule has 1 N–H and O–H groups in total. The van der Waals surface area contributed by atoms with Gasteiger partial charge in [0.05, 0.1) is 11.4 Å². The van der Waals surface area contributed by atoms with Gasteiger partial charge in [-0.15, -0.1) is 22.7 Å². The highest BCUT2D eigenvalue weighted by Crippen LogP contribution is 2.30. The van der Waals surface area contributed by atoms with Gasteiger partial charge in [-0.05, 0) is 6.92 Å². The summed E-state index contributed by atoms with van der Waals surface area (Å²) in [6.45, 7) is 2.07. The van der Waals surface area contributed by atoms with Crippen LogP contribution in [0.1, 0.15) is 23.7 Å². The van der Waals surface area contributed by atoms with E-state index < -0.39 is 0 Å². The normalized spacial score (nSPS) is 10.9. The van der Waals surface area contributed by atoms with E-state index in [-0.39, 0.29) is 12.3 Å². The monoisotopic (exact) mass is 443 g/mol. The van der Waals surface area contributed by atoms with E-state index in [9.17, 15) is 4.79 Å². The van der Waals surface area contributed by atoms with Gasteiger partial charge in [-0.3, -0.25) is 4.79 Å². The number of amides is 1. The molecule has 1 aromatic carbocycles. The molecule has 0 atom stereocenters. The molecule has 4 rings (SSSR count). The number of hydrogen-bond acceptors (Lipinski definition) is 9. The standard InChI is InChI=1S/C19H17N5O2S3/c1-12-2-4-13(5-3-12)14-10-28-19(21-14)29-11-15-22-17(26-24-15)7-6-16(25)23-18-20-8-9-27-18/h2-5,8-10H,6-7,11H2,1H3,(H,20,23,25). The highest BCUT2D eigenvalue weighted by molar-refractivity contribution is 8.00. The first-order valence-electron chi connectivity index (χ1n) is 8.82. The van der Waals surface area contributed by atoms with Crippen LogP contribution in [0, 0.1) is 6.92 Å². The molecule has 0 aliphatic rings. The summed E-state index contributed by atoms with van der Waals surface area (Å²) in [4.78, 5) is 24.9. The number of rotatable bonds is 8. The summed E-state index contributed by atoms with van der Waals surface area (Å²) >= 11 is 4.55. The Labute approximate surface area is 179 Å². The molecule has 0 unspecified atom stereocenters. The molecule has 0 saturated carbocycles. The minimum atomic E-state index is -0.125. The van der Waals surface area contributed by atoms with Gasteiger partial charge in [0.1, 0.15) is 0 Å². The van der Waals surface area contributed by atoms with Crippen molar-refractivity contribution in [2.45, 2.75) is 29.9 Å². The first kappa shape index (κ1) is 19.7. The molecule has 3 heterocycles. The number of thioether (sulfide) groups is 1. The predicted octanol–water partition coefficient (Wildman–Crippen LogP) is 4.82. The molecule has 4 aromatic rings. The van der Waals surface area contributed by atoms with Gasteiger partial charge in [-0.1, -0.05) is 46.7 Å². The summed E-state index contributed by atoms with van der Waals surface area (Å²) < 4.78 is 6.19. The zero-order valence-electron chi connectivity index (χ0n) is 15.5. The topological polar surface area (TPSA) is 93.8 Å². The molecular weight excluding hydrogens is 426 g/mol. The van der Waals surface area contributed by atoms with Crippen LogP contribution in [0.15, 0.2) is 50.1 Å². The zero-order valence-corrected chi connectivity index (χ0v) is 17.9. The summed E-state index contributed by atoms with van der Waals surface area (Å²) in [6, 6.07) is 8.32. The zero-order chi connectivity index (χ0) is 20.1. The SMILES string of the molecule is Cc1ccc(-c2csc(SCc3noc(CCC(=O)Nc4nccs4)n3)n2)cc1. The molecule has 0 aliphatic carbocycles. The van der Waals surface area contributed by atoms with Crippen molar-refractivity contribution in [2.24, 2.45) is 0 Å². The van der Waals surface area contributed by atoms with Gasteiger partial charge in [0.25, 0.3) is 0 Å². The lowest BCUT2D eigenvalue weighted by molar-refractivity contribution is -0.116. The Balaban J connectivity index is 1.26. The van der Waals surface area contributed by atoms with Crippen molar-refractivity contribution in [3.05, 3.63) is 58.5 Å². The molecule has 148 valence electrons. The third-order valence-corrected chi connectivity index (χ3v) is 6.62. The number of hydrogen-bond donors (Lipinski definition) is 1. The van der Waals surface area contributed by atoms with E-state index in [4.69, 9.17) is 4.52 Å². The molecule has 7 nitrogen and oxygen atoms in total. The summed E-state index contributed by atoms with van der Waals surface area (Å²) in [7, 11) is 0. The van der Waals surface area contributed by atoms with Gasteiger partial charge in [0.15, 0.2) is 15.3 Å². The first-order valence-corrected chi connectivity index (χ1v) is 11.6. The molecule has 0 radical (unpaired) electrons. The fraction of sp³-hybridized carbons (Fsp3) is 0.211. The molecule has 3 aromatic heterocycles. The number of nitrogens with zero attached hydrogens (tertiary/aromatic N) is 4. The van der Waals surface area contributed by atoms with Gasteiger partial charge in [-0.2, -0.15) is 4.98 Å². The molecular formula is C19H17N5O2S3. The number of benzene rings is 1. The van der Waals surface area contributed by atoms with Gasteiger partial charge in [0.2, 0.25) is 11.8 Å². The van der Waals surface area contributed by atoms with Crippen molar-refractivity contribution in [2.75, 3.05) is 5.32 Å². The van der Waals surface area contributed by atoms with E-state index in [1.807, 2.05) is 5.38 Å². The third-order valence-electron chi connectivity index (χ3n) is 3.91. The van der Waals surface area contributed by atoms with Crippen LogP contribution in [-0.2, 0) is 17.0 Å². The number of nitrogens with one attached hydrogen (secondary N) is 1. The van der Waals surface area contributed by atoms with Gasteiger partial charge in [0, 0.05) is 35.4 Å². The van der Waals surface area contributed by atoms with Crippen LogP contribution < -0.4 is 5.32 Å². The smallest absolute Gasteiger partial charge is 0.227 e. The second-order valence-corrected chi connectivity index (χ2v) is 9.12. The van der Waals surface area contributed by atoms with Crippen molar-refractivity contribution < 1.29 is 9.32 Å². The summed E-state index contributed by atoms with van der Waals surface area (Å²) in [6.07, 6.45) is 2.30. The molecule has 0 saturated heterocycles. The Morgan fingerprint density at radius 1 is 1.21 bits per heavy atom. The van der Waals surface area contributed by atoms with Crippen LogP contribution in [0.5, 0.6) is 0 Å². The van der Waals surface area contributed by atoms with E-state index in [1.54, 1.807) is 29.3 Å². The van der Waals surface area contributed by atoms with E-state index >= 15 is 0 Å². The maximum atomic E-state index is 11.9. The number of anilines is 1. The van der Waals surface area contributed by atoms with Crippen LogP contribution >= 0.6 is 34.4 Å². The van der Waals surface area contributed by atoms with Crippen LogP contribution in [0.4, 0.5) is 5.13 Å². The van der Waals surface area contributed by atoms with E-state index in [1.165, 1.54) is 16.9 Å². The van der Waals surface area contributed by atoms with Gasteiger partial charge in [-0.25, -0.2) is 9.97 Å². The average Bonchev–Trinajstić information content (AvgIpc) is 3.47. The predicted molar refractivity (Wildman–Crippen MR) is 115 cm³/mol. The Kier molecular flexibility index (Phi) is 6.33. The Morgan fingerprint density at radius 2 is 2.07 bits per heavy atom. The maximum absolute atomic E-state index is 11.9. The highest BCUT2D eigenvalue weighted by atomic mass is 32.2. The van der Waals surface area contributed by atoms with Crippen LogP contribution in [0.25, 0.3) is 11.3 Å².